The Kier molecular flexibility index (Phi) is 2.36. The number of amides is 1. The molecule has 1 rings (SSSR count). The Balaban J connectivity index is 2.33. The van der Waals surface area contributed by atoms with Crippen LogP contribution in [0.1, 0.15) is 19.8 Å². The Labute approximate surface area is 63.0 Å². The van der Waals surface area contributed by atoms with Crippen molar-refractivity contribution >= 4 is 13.7 Å². The number of likely N-dealkylation sites (tertiary alicyclic amines) is 1. The van der Waals surface area contributed by atoms with Crippen LogP contribution in [0.5, 0.6) is 0 Å². The van der Waals surface area contributed by atoms with Gasteiger partial charge in [0, 0.05) is 13.1 Å². The predicted octanol–water partition coefficient (Wildman–Crippen LogP) is 1.01. The van der Waals surface area contributed by atoms with E-state index in [9.17, 15) is 4.79 Å². The highest BCUT2D eigenvalue weighted by atomic mass is 16.1. The number of piperidine rings is 1. The van der Waals surface area contributed by atoms with Gasteiger partial charge < -0.3 is 4.90 Å². The molecule has 1 heterocycles. The molecule has 0 aromatic rings. The summed E-state index contributed by atoms with van der Waals surface area (Å²) in [6, 6.07) is 0. The third-order valence-corrected chi connectivity index (χ3v) is 2.10. The van der Waals surface area contributed by atoms with Crippen LogP contribution in [0, 0.1) is 5.92 Å². The van der Waals surface area contributed by atoms with E-state index >= 15 is 0 Å². The van der Waals surface area contributed by atoms with Crippen molar-refractivity contribution in [3.05, 3.63) is 0 Å². The largest absolute Gasteiger partial charge is 0.353 e. The van der Waals surface area contributed by atoms with E-state index in [1.54, 1.807) is 4.90 Å². The van der Waals surface area contributed by atoms with Gasteiger partial charge in [-0.15, -0.1) is 0 Å². The maximum absolute atomic E-state index is 10.6. The van der Waals surface area contributed by atoms with Crippen molar-refractivity contribution in [3.63, 3.8) is 0 Å². The molecule has 1 amide bonds. The molecule has 3 heteroatoms. The van der Waals surface area contributed by atoms with Gasteiger partial charge in [-0.2, -0.15) is 0 Å². The van der Waals surface area contributed by atoms with Crippen LogP contribution in [0.2, 0.25) is 0 Å². The minimum absolute atomic E-state index is 0.271. The molecule has 0 unspecified atom stereocenters. The van der Waals surface area contributed by atoms with Gasteiger partial charge >= 0.3 is 0 Å². The van der Waals surface area contributed by atoms with Crippen LogP contribution in [0.15, 0.2) is 0 Å². The van der Waals surface area contributed by atoms with Crippen LogP contribution < -0.4 is 0 Å². The van der Waals surface area contributed by atoms with Crippen molar-refractivity contribution in [2.75, 3.05) is 13.1 Å². The molecule has 0 bridgehead atoms. The second-order valence-electron chi connectivity index (χ2n) is 3.01. The normalized spacial score (nSPS) is 21.1. The number of hydrogen-bond donors (Lipinski definition) is 0. The van der Waals surface area contributed by atoms with Gasteiger partial charge in [-0.25, -0.2) is 0 Å². The Morgan fingerprint density at radius 3 is 2.40 bits per heavy atom. The Morgan fingerprint density at radius 2 is 2.00 bits per heavy atom. The molecule has 1 aliphatic heterocycles. The number of hydrogen-bond acceptors (Lipinski definition) is 1. The topological polar surface area (TPSA) is 20.3 Å². The summed E-state index contributed by atoms with van der Waals surface area (Å²) in [4.78, 5) is 12.3. The molecule has 10 heavy (non-hydrogen) atoms. The molecular weight excluding hydrogens is 125 g/mol. The summed E-state index contributed by atoms with van der Waals surface area (Å²) >= 11 is 0. The number of carbonyl (C=O) groups excluding carboxylic acids is 1. The first kappa shape index (κ1) is 7.64. The van der Waals surface area contributed by atoms with E-state index in [1.807, 2.05) is 0 Å². The lowest BCUT2D eigenvalue weighted by Crippen LogP contribution is -2.37. The van der Waals surface area contributed by atoms with Gasteiger partial charge in [0.2, 0.25) is 7.85 Å². The Morgan fingerprint density at radius 1 is 1.50 bits per heavy atom. The van der Waals surface area contributed by atoms with Gasteiger partial charge in [0.25, 0.3) is 0 Å². The molecular formula is C7H12BNO. The van der Waals surface area contributed by atoms with E-state index in [2.05, 4.69) is 6.92 Å². The molecule has 1 aliphatic rings. The van der Waals surface area contributed by atoms with E-state index in [0.717, 1.165) is 31.8 Å². The standard InChI is InChI=1S/C7H12BNO/c1-6-2-4-9(5-3-6)7(8)10/h6H,2-5H2,1H3. The number of nitrogens with zero attached hydrogens (tertiary/aromatic N) is 1. The zero-order valence-electron chi connectivity index (χ0n) is 6.34. The minimum Gasteiger partial charge on any atom is -0.353 e. The third-order valence-electron chi connectivity index (χ3n) is 2.10. The first-order valence-electron chi connectivity index (χ1n) is 3.74. The second-order valence-corrected chi connectivity index (χ2v) is 3.01. The lowest BCUT2D eigenvalue weighted by molar-refractivity contribution is 0.195. The summed E-state index contributed by atoms with van der Waals surface area (Å²) in [7, 11) is 5.10. The van der Waals surface area contributed by atoms with Crippen molar-refractivity contribution in [3.8, 4) is 0 Å². The number of carbonyl (C=O) groups is 1. The van der Waals surface area contributed by atoms with Crippen molar-refractivity contribution in [1.82, 2.24) is 4.90 Å². The summed E-state index contributed by atoms with van der Waals surface area (Å²) in [5.74, 6) is 0.488. The van der Waals surface area contributed by atoms with Gasteiger partial charge in [0.15, 0.2) is 5.81 Å². The molecule has 0 aromatic carbocycles. The van der Waals surface area contributed by atoms with E-state index in [-0.39, 0.29) is 5.81 Å². The SMILES string of the molecule is [B]C(=O)N1CCC(C)CC1. The van der Waals surface area contributed by atoms with Gasteiger partial charge in [-0.1, -0.05) is 6.92 Å². The van der Waals surface area contributed by atoms with Gasteiger partial charge in [0.1, 0.15) is 0 Å². The van der Waals surface area contributed by atoms with Crippen LogP contribution >= 0.6 is 0 Å². The molecule has 2 radical (unpaired) electrons. The van der Waals surface area contributed by atoms with E-state index in [1.165, 1.54) is 0 Å². The third kappa shape index (κ3) is 1.76. The quantitative estimate of drug-likeness (QED) is 0.456. The number of rotatable bonds is 0. The molecule has 1 saturated heterocycles. The summed E-state index contributed by atoms with van der Waals surface area (Å²) in [6.07, 6.45) is 2.20. The van der Waals surface area contributed by atoms with E-state index in [4.69, 9.17) is 7.85 Å². The summed E-state index contributed by atoms with van der Waals surface area (Å²) < 4.78 is 0. The molecule has 0 N–H and O–H groups in total. The Bertz CT molecular complexity index is 130. The van der Waals surface area contributed by atoms with Crippen LogP contribution in [0.4, 0.5) is 4.79 Å². The summed E-state index contributed by atoms with van der Waals surface area (Å²) in [5.41, 5.74) is 0. The summed E-state index contributed by atoms with van der Waals surface area (Å²) in [5, 5.41) is 0. The highest BCUT2D eigenvalue weighted by molar-refractivity contribution is 6.56. The van der Waals surface area contributed by atoms with Crippen LogP contribution in [0.25, 0.3) is 0 Å². The fraction of sp³-hybridized carbons (Fsp3) is 0.857. The Hall–Kier alpha value is -0.465. The molecule has 0 spiro atoms. The molecule has 0 aromatic heterocycles. The van der Waals surface area contributed by atoms with Gasteiger partial charge in [-0.05, 0) is 18.8 Å². The van der Waals surface area contributed by atoms with Crippen LogP contribution in [-0.4, -0.2) is 31.6 Å². The van der Waals surface area contributed by atoms with Crippen LogP contribution in [0.3, 0.4) is 0 Å². The molecule has 0 aliphatic carbocycles. The summed E-state index contributed by atoms with van der Waals surface area (Å²) in [6.45, 7) is 3.89. The maximum atomic E-state index is 10.6. The van der Waals surface area contributed by atoms with E-state index in [0.29, 0.717) is 0 Å². The van der Waals surface area contributed by atoms with Crippen molar-refractivity contribution < 1.29 is 4.79 Å². The average molecular weight is 137 g/mol. The van der Waals surface area contributed by atoms with Gasteiger partial charge in [0.05, 0.1) is 0 Å². The molecule has 54 valence electrons. The zero-order chi connectivity index (χ0) is 7.56. The smallest absolute Gasteiger partial charge is 0.200 e. The molecule has 0 saturated carbocycles. The predicted molar refractivity (Wildman–Crippen MR) is 41.1 cm³/mol. The first-order chi connectivity index (χ1) is 4.70. The second kappa shape index (κ2) is 3.08. The molecule has 1 fully saturated rings. The van der Waals surface area contributed by atoms with Crippen molar-refractivity contribution in [1.29, 1.82) is 0 Å². The zero-order valence-corrected chi connectivity index (χ0v) is 6.34. The van der Waals surface area contributed by atoms with Crippen molar-refractivity contribution in [2.45, 2.75) is 19.8 Å². The monoisotopic (exact) mass is 137 g/mol. The van der Waals surface area contributed by atoms with Crippen LogP contribution in [-0.2, 0) is 0 Å². The molecule has 0 atom stereocenters. The maximum Gasteiger partial charge on any atom is 0.200 e. The average Bonchev–Trinajstić information content (AvgIpc) is 1.88. The highest BCUT2D eigenvalue weighted by Gasteiger charge is 2.16. The fourth-order valence-corrected chi connectivity index (χ4v) is 1.23. The first-order valence-corrected chi connectivity index (χ1v) is 3.74. The minimum atomic E-state index is -0.271. The van der Waals surface area contributed by atoms with Crippen molar-refractivity contribution in [2.24, 2.45) is 5.92 Å². The lowest BCUT2D eigenvalue weighted by atomic mass is 9.97. The highest BCUT2D eigenvalue weighted by Crippen LogP contribution is 2.15. The lowest BCUT2D eigenvalue weighted by Gasteiger charge is -2.29. The molecule has 2 nitrogen and oxygen atoms in total. The fourth-order valence-electron chi connectivity index (χ4n) is 1.23. The van der Waals surface area contributed by atoms with E-state index < -0.39 is 0 Å². The van der Waals surface area contributed by atoms with Gasteiger partial charge in [-0.3, -0.25) is 4.79 Å².